The van der Waals surface area contributed by atoms with Crippen LogP contribution in [0.5, 0.6) is 0 Å². The average Bonchev–Trinajstić information content (AvgIpc) is 2.75. The number of aromatic nitrogens is 1. The molecular weight excluding hydrogens is 224 g/mol. The van der Waals surface area contributed by atoms with E-state index in [-0.39, 0.29) is 5.69 Å². The number of nitrogens with zero attached hydrogens (tertiary/aromatic N) is 1. The number of hydrogen-bond acceptors (Lipinski definition) is 5. The predicted molar refractivity (Wildman–Crippen MR) is 60.1 cm³/mol. The molecule has 0 amide bonds. The highest BCUT2D eigenvalue weighted by Crippen LogP contribution is 2.19. The van der Waals surface area contributed by atoms with Crippen LogP contribution in [0.4, 0.5) is 5.69 Å². The molecule has 0 bridgehead atoms. The number of aromatic carboxylic acids is 1. The number of carbonyl (C=O) groups is 1. The third-order valence-electron chi connectivity index (χ3n) is 2.68. The molecule has 1 aromatic heterocycles. The Labute approximate surface area is 98.2 Å². The van der Waals surface area contributed by atoms with Crippen molar-refractivity contribution in [2.24, 2.45) is 0 Å². The Morgan fingerprint density at radius 1 is 1.65 bits per heavy atom. The molecule has 92 valence electrons. The van der Waals surface area contributed by atoms with Crippen molar-refractivity contribution in [3.8, 4) is 0 Å². The molecule has 1 unspecified atom stereocenters. The van der Waals surface area contributed by atoms with Crippen LogP contribution < -0.4 is 5.32 Å². The van der Waals surface area contributed by atoms with E-state index in [9.17, 15) is 9.90 Å². The van der Waals surface area contributed by atoms with E-state index < -0.39 is 11.6 Å². The van der Waals surface area contributed by atoms with Crippen molar-refractivity contribution in [3.63, 3.8) is 0 Å². The summed E-state index contributed by atoms with van der Waals surface area (Å²) in [5.41, 5.74) is -0.269. The van der Waals surface area contributed by atoms with Crippen LogP contribution in [0.25, 0.3) is 0 Å². The Bertz CT molecular complexity index is 416. The number of pyridine rings is 1. The fraction of sp³-hybridized carbons (Fsp3) is 0.455. The van der Waals surface area contributed by atoms with Gasteiger partial charge in [0.15, 0.2) is 0 Å². The van der Waals surface area contributed by atoms with Gasteiger partial charge in [-0.1, -0.05) is 0 Å². The number of carboxylic acids is 1. The maximum atomic E-state index is 10.7. The molecule has 1 aliphatic rings. The lowest BCUT2D eigenvalue weighted by Gasteiger charge is -2.21. The third kappa shape index (κ3) is 2.92. The molecule has 2 heterocycles. The molecule has 6 heteroatoms. The SMILES string of the molecule is O=C(O)c1cc(NCC2(O)CCOC2)ccn1. The van der Waals surface area contributed by atoms with Crippen molar-refractivity contribution in [2.45, 2.75) is 12.0 Å². The number of rotatable bonds is 4. The number of hydrogen-bond donors (Lipinski definition) is 3. The van der Waals surface area contributed by atoms with Crippen LogP contribution in [0.2, 0.25) is 0 Å². The topological polar surface area (TPSA) is 91.7 Å². The molecule has 17 heavy (non-hydrogen) atoms. The first-order valence-corrected chi connectivity index (χ1v) is 5.32. The second kappa shape index (κ2) is 4.68. The van der Waals surface area contributed by atoms with Gasteiger partial charge in [0.1, 0.15) is 11.3 Å². The molecule has 6 nitrogen and oxygen atoms in total. The minimum atomic E-state index is -1.07. The van der Waals surface area contributed by atoms with Gasteiger partial charge < -0.3 is 20.3 Å². The minimum absolute atomic E-state index is 0.0235. The monoisotopic (exact) mass is 238 g/mol. The van der Waals surface area contributed by atoms with E-state index in [1.54, 1.807) is 6.07 Å². The zero-order valence-corrected chi connectivity index (χ0v) is 9.22. The van der Waals surface area contributed by atoms with Crippen molar-refractivity contribution >= 4 is 11.7 Å². The second-order valence-corrected chi connectivity index (χ2v) is 4.12. The quantitative estimate of drug-likeness (QED) is 0.700. The van der Waals surface area contributed by atoms with Gasteiger partial charge in [-0.15, -0.1) is 0 Å². The first-order chi connectivity index (χ1) is 8.09. The summed E-state index contributed by atoms with van der Waals surface area (Å²) in [5, 5.41) is 21.8. The summed E-state index contributed by atoms with van der Waals surface area (Å²) < 4.78 is 5.11. The Hall–Kier alpha value is -1.66. The fourth-order valence-electron chi connectivity index (χ4n) is 1.66. The highest BCUT2D eigenvalue weighted by molar-refractivity contribution is 5.86. The van der Waals surface area contributed by atoms with Gasteiger partial charge in [0.05, 0.1) is 6.61 Å². The molecule has 0 spiro atoms. The molecule has 1 aliphatic heterocycles. The van der Waals surface area contributed by atoms with E-state index in [0.29, 0.717) is 31.9 Å². The number of carboxylic acid groups (broad SMARTS) is 1. The Kier molecular flexibility index (Phi) is 3.26. The Balaban J connectivity index is 1.99. The van der Waals surface area contributed by atoms with Crippen LogP contribution in [0, 0.1) is 0 Å². The fourth-order valence-corrected chi connectivity index (χ4v) is 1.66. The molecule has 1 atom stereocenters. The molecule has 1 aromatic rings. The van der Waals surface area contributed by atoms with Crippen molar-refractivity contribution in [1.82, 2.24) is 4.98 Å². The smallest absolute Gasteiger partial charge is 0.354 e. The highest BCUT2D eigenvalue weighted by Gasteiger charge is 2.31. The number of anilines is 1. The van der Waals surface area contributed by atoms with Crippen LogP contribution >= 0.6 is 0 Å². The van der Waals surface area contributed by atoms with Crippen LogP contribution in [0.3, 0.4) is 0 Å². The van der Waals surface area contributed by atoms with Gasteiger partial charge in [-0.2, -0.15) is 0 Å². The van der Waals surface area contributed by atoms with Gasteiger partial charge in [0.25, 0.3) is 0 Å². The van der Waals surface area contributed by atoms with E-state index in [4.69, 9.17) is 9.84 Å². The molecule has 1 fully saturated rings. The summed E-state index contributed by atoms with van der Waals surface area (Å²) in [4.78, 5) is 14.4. The van der Waals surface area contributed by atoms with Crippen molar-refractivity contribution in [2.75, 3.05) is 25.1 Å². The normalized spacial score (nSPS) is 23.6. The van der Waals surface area contributed by atoms with Crippen molar-refractivity contribution in [1.29, 1.82) is 0 Å². The molecule has 1 saturated heterocycles. The van der Waals surface area contributed by atoms with E-state index in [2.05, 4.69) is 10.3 Å². The van der Waals surface area contributed by atoms with Gasteiger partial charge in [-0.25, -0.2) is 9.78 Å². The summed E-state index contributed by atoms with van der Waals surface area (Å²) in [6, 6.07) is 3.09. The first-order valence-electron chi connectivity index (χ1n) is 5.32. The van der Waals surface area contributed by atoms with E-state index >= 15 is 0 Å². The average molecular weight is 238 g/mol. The van der Waals surface area contributed by atoms with Gasteiger partial charge in [0, 0.05) is 31.5 Å². The summed E-state index contributed by atoms with van der Waals surface area (Å²) in [7, 11) is 0. The van der Waals surface area contributed by atoms with Gasteiger partial charge in [0.2, 0.25) is 0 Å². The summed E-state index contributed by atoms with van der Waals surface area (Å²) >= 11 is 0. The number of ether oxygens (including phenoxy) is 1. The Morgan fingerprint density at radius 3 is 3.12 bits per heavy atom. The molecule has 0 aromatic carbocycles. The zero-order valence-electron chi connectivity index (χ0n) is 9.22. The maximum Gasteiger partial charge on any atom is 0.354 e. The number of aliphatic hydroxyl groups is 1. The zero-order chi connectivity index (χ0) is 12.3. The highest BCUT2D eigenvalue weighted by atomic mass is 16.5. The van der Waals surface area contributed by atoms with E-state index in [1.165, 1.54) is 12.3 Å². The molecule has 3 N–H and O–H groups in total. The van der Waals surface area contributed by atoms with Crippen molar-refractivity contribution in [3.05, 3.63) is 24.0 Å². The lowest BCUT2D eigenvalue weighted by Crippen LogP contribution is -2.37. The largest absolute Gasteiger partial charge is 0.477 e. The molecule has 0 saturated carbocycles. The van der Waals surface area contributed by atoms with Gasteiger partial charge in [-0.3, -0.25) is 0 Å². The van der Waals surface area contributed by atoms with E-state index in [0.717, 1.165) is 0 Å². The van der Waals surface area contributed by atoms with Crippen LogP contribution in [-0.4, -0.2) is 46.5 Å². The van der Waals surface area contributed by atoms with Gasteiger partial charge in [-0.05, 0) is 12.1 Å². The minimum Gasteiger partial charge on any atom is -0.477 e. The first kappa shape index (κ1) is 11.8. The number of nitrogens with one attached hydrogen (secondary N) is 1. The molecular formula is C11H14N2O4. The van der Waals surface area contributed by atoms with Crippen LogP contribution in [-0.2, 0) is 4.74 Å². The van der Waals surface area contributed by atoms with Gasteiger partial charge >= 0.3 is 5.97 Å². The lowest BCUT2D eigenvalue weighted by molar-refractivity contribution is 0.0382. The molecule has 0 aliphatic carbocycles. The summed E-state index contributed by atoms with van der Waals surface area (Å²) in [6.07, 6.45) is 2.00. The summed E-state index contributed by atoms with van der Waals surface area (Å²) in [5.74, 6) is -1.07. The van der Waals surface area contributed by atoms with Crippen molar-refractivity contribution < 1.29 is 19.7 Å². The van der Waals surface area contributed by atoms with Crippen LogP contribution in [0.1, 0.15) is 16.9 Å². The maximum absolute atomic E-state index is 10.7. The standard InChI is InChI=1S/C11H14N2O4/c14-10(15)9-5-8(1-3-12-9)13-6-11(16)2-4-17-7-11/h1,3,5,16H,2,4,6-7H2,(H,12,13)(H,14,15). The predicted octanol–water partition coefficient (Wildman–Crippen LogP) is 0.343. The van der Waals surface area contributed by atoms with E-state index in [1.807, 2.05) is 0 Å². The molecule has 2 rings (SSSR count). The molecule has 0 radical (unpaired) electrons. The second-order valence-electron chi connectivity index (χ2n) is 4.12. The third-order valence-corrected chi connectivity index (χ3v) is 2.68. The summed E-state index contributed by atoms with van der Waals surface area (Å²) in [6.45, 7) is 1.18. The lowest BCUT2D eigenvalue weighted by atomic mass is 10.0. The Morgan fingerprint density at radius 2 is 2.47 bits per heavy atom. The van der Waals surface area contributed by atoms with Crippen LogP contribution in [0.15, 0.2) is 18.3 Å².